The Kier molecular flexibility index (Phi) is 4.27. The molecule has 0 unspecified atom stereocenters. The van der Waals surface area contributed by atoms with E-state index in [1.165, 1.54) is 6.41 Å². The molecule has 0 aromatic rings. The van der Waals surface area contributed by atoms with Crippen LogP contribution in [0.3, 0.4) is 0 Å². The molecule has 0 rings (SSSR count). The number of carbonyl (C=O) groups excluding carboxylic acids is 1. The van der Waals surface area contributed by atoms with Gasteiger partial charge in [0.2, 0.25) is 0 Å². The van der Waals surface area contributed by atoms with Crippen LogP contribution in [0.2, 0.25) is 0 Å². The molecule has 1 radical (unpaired) electrons. The highest BCUT2D eigenvalue weighted by Crippen LogP contribution is 2.34. The first-order valence-corrected chi connectivity index (χ1v) is 4.50. The van der Waals surface area contributed by atoms with Gasteiger partial charge in [0.15, 0.2) is 0 Å². The van der Waals surface area contributed by atoms with Crippen molar-refractivity contribution < 1.29 is 19.1 Å². The van der Waals surface area contributed by atoms with Gasteiger partial charge < -0.3 is 15.1 Å². The third-order valence-corrected chi connectivity index (χ3v) is 1.72. The predicted octanol–water partition coefficient (Wildman–Crippen LogP) is -0.789. The Labute approximate surface area is 58.6 Å². The molecule has 59 valence electrons. The van der Waals surface area contributed by atoms with Crippen molar-refractivity contribution in [2.75, 3.05) is 12.7 Å². The number of hydrogen-bond acceptors (Lipinski definition) is 2. The summed E-state index contributed by atoms with van der Waals surface area (Å²) in [5.74, 6) is 0. The maximum absolute atomic E-state index is 10.2. The molecule has 5 nitrogen and oxygen atoms in total. The van der Waals surface area contributed by atoms with Crippen molar-refractivity contribution in [2.24, 2.45) is 0 Å². The van der Waals surface area contributed by atoms with Gasteiger partial charge in [0.05, 0.1) is 6.16 Å². The zero-order valence-electron chi connectivity index (χ0n) is 5.28. The number of nitrogens with one attached hydrogen (secondary N) is 1. The maximum Gasteiger partial charge on any atom is 0.325 e. The highest BCUT2D eigenvalue weighted by Gasteiger charge is 2.10. The van der Waals surface area contributed by atoms with E-state index in [9.17, 15) is 9.36 Å². The van der Waals surface area contributed by atoms with Gasteiger partial charge in [-0.05, 0) is 6.42 Å². The Morgan fingerprint density at radius 1 is 1.50 bits per heavy atom. The van der Waals surface area contributed by atoms with E-state index in [4.69, 9.17) is 9.79 Å². The smallest absolute Gasteiger partial charge is 0.325 e. The first-order chi connectivity index (χ1) is 4.56. The zero-order chi connectivity index (χ0) is 8.04. The summed E-state index contributed by atoms with van der Waals surface area (Å²) >= 11 is 0. The Balaban J connectivity index is 3.20. The van der Waals surface area contributed by atoms with Gasteiger partial charge in [-0.2, -0.15) is 0 Å². The molecule has 0 bridgehead atoms. The SMILES string of the molecule is O=[C]NCCCP(=O)(O)O. The first-order valence-electron chi connectivity index (χ1n) is 2.71. The fourth-order valence-corrected chi connectivity index (χ4v) is 0.995. The second-order valence-corrected chi connectivity index (χ2v) is 3.55. The van der Waals surface area contributed by atoms with Crippen LogP contribution in [0.1, 0.15) is 6.42 Å². The van der Waals surface area contributed by atoms with E-state index in [0.717, 1.165) is 0 Å². The van der Waals surface area contributed by atoms with Gasteiger partial charge in [0.25, 0.3) is 0 Å². The average molecular weight is 166 g/mol. The van der Waals surface area contributed by atoms with Crippen LogP contribution in [-0.2, 0) is 9.36 Å². The molecular weight excluding hydrogens is 157 g/mol. The van der Waals surface area contributed by atoms with Crippen LogP contribution in [0, 0.1) is 0 Å². The Hall–Kier alpha value is -0.380. The molecular formula is C4H9NO4P. The molecule has 10 heavy (non-hydrogen) atoms. The molecule has 0 aliphatic carbocycles. The summed E-state index contributed by atoms with van der Waals surface area (Å²) in [5.41, 5.74) is 0. The summed E-state index contributed by atoms with van der Waals surface area (Å²) in [4.78, 5) is 26.1. The second kappa shape index (κ2) is 4.44. The summed E-state index contributed by atoms with van der Waals surface area (Å²) in [7, 11) is -3.88. The second-order valence-electron chi connectivity index (χ2n) is 1.77. The van der Waals surface area contributed by atoms with Crippen molar-refractivity contribution in [1.82, 2.24) is 5.32 Å². The summed E-state index contributed by atoms with van der Waals surface area (Å²) in [6, 6.07) is 0. The molecule has 0 saturated heterocycles. The Bertz CT molecular complexity index is 142. The molecule has 0 aromatic carbocycles. The van der Waals surface area contributed by atoms with E-state index in [-0.39, 0.29) is 19.1 Å². The Morgan fingerprint density at radius 3 is 2.50 bits per heavy atom. The molecule has 3 N–H and O–H groups in total. The number of amides is 1. The number of rotatable bonds is 5. The molecule has 0 saturated carbocycles. The van der Waals surface area contributed by atoms with Crippen LogP contribution >= 0.6 is 7.60 Å². The van der Waals surface area contributed by atoms with E-state index in [2.05, 4.69) is 5.32 Å². The monoisotopic (exact) mass is 166 g/mol. The third kappa shape index (κ3) is 7.62. The fourth-order valence-electron chi connectivity index (χ4n) is 0.424. The molecule has 0 aliphatic heterocycles. The average Bonchev–Trinajstić information content (AvgIpc) is 1.78. The van der Waals surface area contributed by atoms with Crippen molar-refractivity contribution >= 4 is 14.0 Å². The van der Waals surface area contributed by atoms with E-state index in [1.54, 1.807) is 0 Å². The Morgan fingerprint density at radius 2 is 2.10 bits per heavy atom. The number of hydrogen-bond donors (Lipinski definition) is 3. The van der Waals surface area contributed by atoms with Gasteiger partial charge in [-0.1, -0.05) is 0 Å². The standard InChI is InChI=1S/C4H9NO4P/c6-4-5-2-1-3-10(7,8)9/h1-3H2,(H,5,6)(H2,7,8,9). The minimum absolute atomic E-state index is 0.193. The molecule has 1 amide bonds. The van der Waals surface area contributed by atoms with Gasteiger partial charge in [0.1, 0.15) is 0 Å². The lowest BCUT2D eigenvalue weighted by Gasteiger charge is -2.00. The topological polar surface area (TPSA) is 86.6 Å². The summed E-state index contributed by atoms with van der Waals surface area (Å²) < 4.78 is 10.2. The van der Waals surface area contributed by atoms with Crippen molar-refractivity contribution in [3.63, 3.8) is 0 Å². The van der Waals surface area contributed by atoms with Gasteiger partial charge in [-0.25, -0.2) is 0 Å². The van der Waals surface area contributed by atoms with Crippen LogP contribution in [0.15, 0.2) is 0 Å². The van der Waals surface area contributed by atoms with Gasteiger partial charge in [-0.3, -0.25) is 9.36 Å². The summed E-state index contributed by atoms with van der Waals surface area (Å²) in [6.07, 6.45) is 1.49. The lowest BCUT2D eigenvalue weighted by Crippen LogP contribution is -2.13. The molecule has 0 aromatic heterocycles. The van der Waals surface area contributed by atoms with E-state index in [1.807, 2.05) is 0 Å². The minimum atomic E-state index is -3.88. The zero-order valence-corrected chi connectivity index (χ0v) is 6.17. The normalized spacial score (nSPS) is 11.0. The van der Waals surface area contributed by atoms with Crippen LogP contribution in [0.25, 0.3) is 0 Å². The van der Waals surface area contributed by atoms with Gasteiger partial charge in [0, 0.05) is 6.54 Å². The molecule has 0 atom stereocenters. The van der Waals surface area contributed by atoms with Crippen LogP contribution in [-0.4, -0.2) is 28.9 Å². The van der Waals surface area contributed by atoms with E-state index >= 15 is 0 Å². The highest BCUT2D eigenvalue weighted by atomic mass is 31.2. The van der Waals surface area contributed by atoms with Crippen molar-refractivity contribution in [2.45, 2.75) is 6.42 Å². The van der Waals surface area contributed by atoms with Crippen LogP contribution in [0.5, 0.6) is 0 Å². The van der Waals surface area contributed by atoms with Gasteiger partial charge in [-0.15, -0.1) is 0 Å². The fraction of sp³-hybridized carbons (Fsp3) is 0.750. The lowest BCUT2D eigenvalue weighted by molar-refractivity contribution is 0.371. The summed E-state index contributed by atoms with van der Waals surface area (Å²) in [6.45, 7) is 0.259. The maximum atomic E-state index is 10.2. The van der Waals surface area contributed by atoms with Crippen LogP contribution < -0.4 is 5.32 Å². The quantitative estimate of drug-likeness (QED) is 0.284. The van der Waals surface area contributed by atoms with E-state index in [0.29, 0.717) is 0 Å². The highest BCUT2D eigenvalue weighted by molar-refractivity contribution is 7.51. The third-order valence-electron chi connectivity index (χ3n) is 0.823. The van der Waals surface area contributed by atoms with E-state index < -0.39 is 7.60 Å². The van der Waals surface area contributed by atoms with Crippen LogP contribution in [0.4, 0.5) is 0 Å². The first kappa shape index (κ1) is 9.62. The van der Waals surface area contributed by atoms with Crippen molar-refractivity contribution in [3.8, 4) is 0 Å². The predicted molar refractivity (Wildman–Crippen MR) is 35.2 cm³/mol. The largest absolute Gasteiger partial charge is 0.348 e. The lowest BCUT2D eigenvalue weighted by atomic mass is 10.5. The molecule has 0 aliphatic rings. The molecule has 0 fully saturated rings. The molecule has 6 heteroatoms. The van der Waals surface area contributed by atoms with Gasteiger partial charge >= 0.3 is 14.0 Å². The molecule has 0 heterocycles. The molecule has 0 spiro atoms. The minimum Gasteiger partial charge on any atom is -0.348 e. The van der Waals surface area contributed by atoms with Crippen molar-refractivity contribution in [1.29, 1.82) is 0 Å². The van der Waals surface area contributed by atoms with Crippen molar-refractivity contribution in [3.05, 3.63) is 0 Å². The summed E-state index contributed by atoms with van der Waals surface area (Å²) in [5, 5.41) is 2.17.